The maximum absolute atomic E-state index is 11.3. The van der Waals surface area contributed by atoms with Crippen molar-refractivity contribution in [2.24, 2.45) is 0 Å². The topological polar surface area (TPSA) is 44.4 Å². The minimum absolute atomic E-state index is 0.0119. The molecule has 1 amide bonds. The summed E-state index contributed by atoms with van der Waals surface area (Å²) in [6.07, 6.45) is 8.64. The van der Waals surface area contributed by atoms with Crippen molar-refractivity contribution in [2.75, 3.05) is 26.2 Å². The summed E-state index contributed by atoms with van der Waals surface area (Å²) >= 11 is 0. The highest BCUT2D eigenvalue weighted by atomic mass is 16.2. The highest BCUT2D eigenvalue weighted by Gasteiger charge is 2.11. The van der Waals surface area contributed by atoms with Crippen molar-refractivity contribution in [1.29, 1.82) is 0 Å². The number of amides is 1. The molecule has 1 fully saturated rings. The van der Waals surface area contributed by atoms with Crippen LogP contribution in [0.15, 0.2) is 0 Å². The number of carbonyl (C=O) groups is 1. The van der Waals surface area contributed by atoms with Gasteiger partial charge in [0.15, 0.2) is 0 Å². The van der Waals surface area contributed by atoms with E-state index in [1.54, 1.807) is 0 Å². The van der Waals surface area contributed by atoms with E-state index < -0.39 is 0 Å². The van der Waals surface area contributed by atoms with Gasteiger partial charge in [-0.05, 0) is 12.8 Å². The summed E-state index contributed by atoms with van der Waals surface area (Å²) in [6.45, 7) is 2.65. The van der Waals surface area contributed by atoms with Crippen LogP contribution in [0.5, 0.6) is 0 Å². The van der Waals surface area contributed by atoms with Crippen LogP contribution in [0.1, 0.15) is 19.3 Å². The van der Waals surface area contributed by atoms with E-state index in [9.17, 15) is 4.79 Å². The third-order valence-electron chi connectivity index (χ3n) is 2.15. The smallest absolute Gasteiger partial charge is 0.248 e. The lowest BCUT2D eigenvalue weighted by Gasteiger charge is -2.26. The summed E-state index contributed by atoms with van der Waals surface area (Å²) in [7, 11) is 0. The van der Waals surface area contributed by atoms with Crippen LogP contribution in [0.25, 0.3) is 0 Å². The molecule has 0 aliphatic carbocycles. The third kappa shape index (κ3) is 4.26. The predicted molar refractivity (Wildman–Crippen MR) is 55.3 cm³/mol. The van der Waals surface area contributed by atoms with Gasteiger partial charge in [-0.15, -0.1) is 6.42 Å². The molecule has 0 unspecified atom stereocenters. The molecule has 4 nitrogen and oxygen atoms in total. The van der Waals surface area contributed by atoms with Crippen molar-refractivity contribution in [3.8, 4) is 12.3 Å². The maximum atomic E-state index is 11.3. The van der Waals surface area contributed by atoms with Crippen LogP contribution in [0.4, 0.5) is 0 Å². The third-order valence-corrected chi connectivity index (χ3v) is 2.15. The van der Waals surface area contributed by atoms with Crippen molar-refractivity contribution in [3.63, 3.8) is 0 Å². The Labute approximate surface area is 85.0 Å². The molecule has 0 aromatic rings. The van der Waals surface area contributed by atoms with Gasteiger partial charge in [0.25, 0.3) is 0 Å². The molecule has 0 aromatic heterocycles. The summed E-state index contributed by atoms with van der Waals surface area (Å²) in [5, 5.41) is 4.83. The van der Waals surface area contributed by atoms with E-state index in [2.05, 4.69) is 16.7 Å². The van der Waals surface area contributed by atoms with Crippen molar-refractivity contribution in [1.82, 2.24) is 15.8 Å². The molecular formula is C10H17N3O. The van der Waals surface area contributed by atoms with E-state index >= 15 is 0 Å². The first-order chi connectivity index (χ1) is 6.83. The van der Waals surface area contributed by atoms with Crippen LogP contribution in [-0.2, 0) is 4.79 Å². The average molecular weight is 195 g/mol. The second-order valence-corrected chi connectivity index (χ2v) is 3.39. The first-order valence-corrected chi connectivity index (χ1v) is 5.01. The molecule has 1 heterocycles. The monoisotopic (exact) mass is 195 g/mol. The van der Waals surface area contributed by atoms with Crippen molar-refractivity contribution in [2.45, 2.75) is 19.3 Å². The van der Waals surface area contributed by atoms with Gasteiger partial charge in [0.2, 0.25) is 5.91 Å². The number of hydrazine groups is 1. The molecule has 0 radical (unpaired) electrons. The second-order valence-electron chi connectivity index (χ2n) is 3.39. The quantitative estimate of drug-likeness (QED) is 0.479. The molecule has 2 N–H and O–H groups in total. The SMILES string of the molecule is C#CCNCC(=O)NN1CCCCC1. The van der Waals surface area contributed by atoms with Crippen LogP contribution in [0.3, 0.4) is 0 Å². The van der Waals surface area contributed by atoms with Gasteiger partial charge < -0.3 is 0 Å². The van der Waals surface area contributed by atoms with Crippen LogP contribution in [0, 0.1) is 12.3 Å². The van der Waals surface area contributed by atoms with Gasteiger partial charge in [-0.3, -0.25) is 15.5 Å². The van der Waals surface area contributed by atoms with Crippen LogP contribution < -0.4 is 10.7 Å². The van der Waals surface area contributed by atoms with Gasteiger partial charge in [-0.25, -0.2) is 5.01 Å². The van der Waals surface area contributed by atoms with E-state index in [0.717, 1.165) is 25.9 Å². The zero-order chi connectivity index (χ0) is 10.2. The fourth-order valence-electron chi connectivity index (χ4n) is 1.47. The Kier molecular flexibility index (Phi) is 5.05. The zero-order valence-electron chi connectivity index (χ0n) is 8.38. The van der Waals surface area contributed by atoms with E-state index in [1.165, 1.54) is 6.42 Å². The standard InChI is InChI=1S/C10H17N3O/c1-2-6-11-9-10(14)12-13-7-4-3-5-8-13/h1,11H,3-9H2,(H,12,14). The number of hydrogen-bond donors (Lipinski definition) is 2. The normalized spacial score (nSPS) is 17.4. The summed E-state index contributed by atoms with van der Waals surface area (Å²) in [5.41, 5.74) is 2.84. The lowest BCUT2D eigenvalue weighted by molar-refractivity contribution is -0.125. The second kappa shape index (κ2) is 6.41. The Hall–Kier alpha value is -1.05. The van der Waals surface area contributed by atoms with Crippen molar-refractivity contribution >= 4 is 5.91 Å². The van der Waals surface area contributed by atoms with Gasteiger partial charge in [-0.2, -0.15) is 0 Å². The number of hydrogen-bond acceptors (Lipinski definition) is 3. The summed E-state index contributed by atoms with van der Waals surface area (Å²) in [6, 6.07) is 0. The number of nitrogens with zero attached hydrogens (tertiary/aromatic N) is 1. The van der Waals surface area contributed by atoms with E-state index in [0.29, 0.717) is 13.1 Å². The van der Waals surface area contributed by atoms with Crippen molar-refractivity contribution < 1.29 is 4.79 Å². The molecule has 1 aliphatic rings. The van der Waals surface area contributed by atoms with Gasteiger partial charge in [0.05, 0.1) is 13.1 Å². The highest BCUT2D eigenvalue weighted by molar-refractivity contribution is 5.77. The number of carbonyl (C=O) groups excluding carboxylic acids is 1. The fraction of sp³-hybridized carbons (Fsp3) is 0.700. The predicted octanol–water partition coefficient (Wildman–Crippen LogP) is -0.274. The summed E-state index contributed by atoms with van der Waals surface area (Å²) < 4.78 is 0. The fourth-order valence-corrected chi connectivity index (χ4v) is 1.47. The van der Waals surface area contributed by atoms with E-state index in [1.807, 2.05) is 5.01 Å². The van der Waals surface area contributed by atoms with Gasteiger partial charge >= 0.3 is 0 Å². The molecule has 1 saturated heterocycles. The first kappa shape index (κ1) is 11.0. The molecule has 4 heteroatoms. The zero-order valence-corrected chi connectivity index (χ0v) is 8.38. The molecule has 78 valence electrons. The van der Waals surface area contributed by atoms with Crippen LogP contribution in [-0.4, -0.2) is 37.1 Å². The molecule has 14 heavy (non-hydrogen) atoms. The minimum Gasteiger partial charge on any atom is -0.298 e. The van der Waals surface area contributed by atoms with E-state index in [-0.39, 0.29) is 5.91 Å². The molecule has 0 aromatic carbocycles. The molecule has 1 aliphatic heterocycles. The number of nitrogens with one attached hydrogen (secondary N) is 2. The van der Waals surface area contributed by atoms with Gasteiger partial charge in [-0.1, -0.05) is 12.3 Å². The van der Waals surface area contributed by atoms with Gasteiger partial charge in [0, 0.05) is 13.1 Å². The van der Waals surface area contributed by atoms with Gasteiger partial charge in [0.1, 0.15) is 0 Å². The van der Waals surface area contributed by atoms with Crippen LogP contribution in [0.2, 0.25) is 0 Å². The Morgan fingerprint density at radius 2 is 2.07 bits per heavy atom. The average Bonchev–Trinajstić information content (AvgIpc) is 2.20. The summed E-state index contributed by atoms with van der Waals surface area (Å²) in [4.78, 5) is 11.3. The summed E-state index contributed by atoms with van der Waals surface area (Å²) in [5.74, 6) is 2.41. The molecule has 1 rings (SSSR count). The first-order valence-electron chi connectivity index (χ1n) is 5.01. The Morgan fingerprint density at radius 3 is 2.71 bits per heavy atom. The Bertz CT molecular complexity index is 216. The molecule has 0 saturated carbocycles. The lowest BCUT2D eigenvalue weighted by atomic mass is 10.2. The van der Waals surface area contributed by atoms with Crippen molar-refractivity contribution in [3.05, 3.63) is 0 Å². The lowest BCUT2D eigenvalue weighted by Crippen LogP contribution is -2.48. The maximum Gasteiger partial charge on any atom is 0.248 e. The number of terminal acetylenes is 1. The van der Waals surface area contributed by atoms with Crippen LogP contribution >= 0.6 is 0 Å². The molecule has 0 bridgehead atoms. The Balaban J connectivity index is 2.10. The molecule has 0 spiro atoms. The highest BCUT2D eigenvalue weighted by Crippen LogP contribution is 2.05. The number of rotatable bonds is 4. The Morgan fingerprint density at radius 1 is 1.36 bits per heavy atom. The minimum atomic E-state index is -0.0119. The molecule has 0 atom stereocenters. The van der Waals surface area contributed by atoms with E-state index in [4.69, 9.17) is 6.42 Å². The molecular weight excluding hydrogens is 178 g/mol. The number of piperidine rings is 1. The largest absolute Gasteiger partial charge is 0.298 e.